The van der Waals surface area contributed by atoms with Crippen molar-refractivity contribution in [2.24, 2.45) is 0 Å². The first-order valence-electron chi connectivity index (χ1n) is 8.78. The summed E-state index contributed by atoms with van der Waals surface area (Å²) >= 11 is 5.62. The molecule has 3 rings (SSSR count). The summed E-state index contributed by atoms with van der Waals surface area (Å²) in [5, 5.41) is 4.08. The van der Waals surface area contributed by atoms with Crippen LogP contribution in [0.3, 0.4) is 0 Å². The average Bonchev–Trinajstić information content (AvgIpc) is 3.29. The normalized spacial score (nSPS) is 18.4. The van der Waals surface area contributed by atoms with Crippen LogP contribution < -0.4 is 14.8 Å². The maximum Gasteiger partial charge on any atom is 0.231 e. The summed E-state index contributed by atoms with van der Waals surface area (Å²) in [5.41, 5.74) is 1.14. The zero-order chi connectivity index (χ0) is 17.5. The summed E-state index contributed by atoms with van der Waals surface area (Å²) in [6.45, 7) is 4.17. The second kappa shape index (κ2) is 9.22. The van der Waals surface area contributed by atoms with E-state index in [1.807, 2.05) is 12.1 Å². The third kappa shape index (κ3) is 5.20. The van der Waals surface area contributed by atoms with E-state index >= 15 is 0 Å². The van der Waals surface area contributed by atoms with Gasteiger partial charge in [-0.3, -0.25) is 0 Å². The molecule has 1 aromatic rings. The van der Waals surface area contributed by atoms with Crippen LogP contribution in [0.1, 0.15) is 24.8 Å². The van der Waals surface area contributed by atoms with Crippen molar-refractivity contribution in [2.75, 3.05) is 40.2 Å². The van der Waals surface area contributed by atoms with Crippen LogP contribution in [-0.2, 0) is 16.0 Å². The zero-order valence-electron chi connectivity index (χ0n) is 14.7. The van der Waals surface area contributed by atoms with E-state index in [9.17, 15) is 0 Å². The summed E-state index contributed by atoms with van der Waals surface area (Å²) in [5.74, 6) is 1.60. The van der Waals surface area contributed by atoms with Crippen molar-refractivity contribution in [1.29, 1.82) is 0 Å². The number of fused-ring (bicyclic) bond motifs is 1. The maximum atomic E-state index is 5.79. The Morgan fingerprint density at radius 3 is 3.04 bits per heavy atom. The molecular weight excluding hydrogens is 340 g/mol. The van der Waals surface area contributed by atoms with Crippen LogP contribution in [0.2, 0.25) is 0 Å². The lowest BCUT2D eigenvalue weighted by Gasteiger charge is -2.28. The van der Waals surface area contributed by atoms with Gasteiger partial charge in [-0.1, -0.05) is 6.07 Å². The van der Waals surface area contributed by atoms with Crippen LogP contribution in [0.15, 0.2) is 18.2 Å². The monoisotopic (exact) mass is 366 g/mol. The lowest BCUT2D eigenvalue weighted by Crippen LogP contribution is -2.43. The highest BCUT2D eigenvalue weighted by Gasteiger charge is 2.22. The number of rotatable bonds is 8. The minimum absolute atomic E-state index is 0.243. The third-order valence-electron chi connectivity index (χ3n) is 4.35. The first-order valence-corrected chi connectivity index (χ1v) is 9.19. The van der Waals surface area contributed by atoms with Crippen LogP contribution in [0.4, 0.5) is 0 Å². The second-order valence-corrected chi connectivity index (χ2v) is 6.67. The molecule has 0 unspecified atom stereocenters. The zero-order valence-corrected chi connectivity index (χ0v) is 15.5. The summed E-state index contributed by atoms with van der Waals surface area (Å²) in [6.07, 6.45) is 3.38. The van der Waals surface area contributed by atoms with Crippen molar-refractivity contribution in [2.45, 2.75) is 31.9 Å². The standard InChI is InChI=1S/C18H26N2O4S/c1-21-8-3-7-19-18(25)20(12-15-4-2-9-22-15)11-14-5-6-16-17(10-14)24-13-23-16/h5-6,10,15H,2-4,7-9,11-13H2,1H3,(H,19,25)/t15-/m0/s1. The van der Waals surface area contributed by atoms with Gasteiger partial charge in [-0.15, -0.1) is 0 Å². The smallest absolute Gasteiger partial charge is 0.231 e. The molecule has 0 aliphatic carbocycles. The van der Waals surface area contributed by atoms with Gasteiger partial charge in [0.05, 0.1) is 6.10 Å². The van der Waals surface area contributed by atoms with E-state index in [1.165, 1.54) is 0 Å². The Morgan fingerprint density at radius 2 is 2.24 bits per heavy atom. The van der Waals surface area contributed by atoms with Gasteiger partial charge in [0, 0.05) is 40.0 Å². The molecule has 0 bridgehead atoms. The van der Waals surface area contributed by atoms with Crippen LogP contribution in [0, 0.1) is 0 Å². The molecule has 0 amide bonds. The fourth-order valence-corrected chi connectivity index (χ4v) is 3.28. The van der Waals surface area contributed by atoms with Gasteiger partial charge in [0.2, 0.25) is 6.79 Å². The molecule has 0 saturated carbocycles. The van der Waals surface area contributed by atoms with Gasteiger partial charge in [0.1, 0.15) is 0 Å². The van der Waals surface area contributed by atoms with Gasteiger partial charge >= 0.3 is 0 Å². The minimum atomic E-state index is 0.243. The second-order valence-electron chi connectivity index (χ2n) is 6.28. The van der Waals surface area contributed by atoms with Gasteiger partial charge in [-0.2, -0.15) is 0 Å². The number of nitrogens with zero attached hydrogens (tertiary/aromatic N) is 1. The topological polar surface area (TPSA) is 52.2 Å². The van der Waals surface area contributed by atoms with Crippen molar-refractivity contribution in [3.8, 4) is 11.5 Å². The van der Waals surface area contributed by atoms with Crippen LogP contribution in [0.25, 0.3) is 0 Å². The Labute approximate surface area is 154 Å². The Kier molecular flexibility index (Phi) is 6.72. The Hall–Kier alpha value is -1.57. The van der Waals surface area contributed by atoms with E-state index in [0.717, 1.165) is 67.7 Å². The molecule has 138 valence electrons. The number of benzene rings is 1. The largest absolute Gasteiger partial charge is 0.454 e. The summed E-state index contributed by atoms with van der Waals surface area (Å²) in [6, 6.07) is 6.04. The van der Waals surface area contributed by atoms with Crippen LogP contribution in [0.5, 0.6) is 11.5 Å². The third-order valence-corrected chi connectivity index (χ3v) is 4.75. The number of ether oxygens (including phenoxy) is 4. The quantitative estimate of drug-likeness (QED) is 0.560. The molecule has 0 aromatic heterocycles. The minimum Gasteiger partial charge on any atom is -0.454 e. The van der Waals surface area contributed by atoms with Crippen LogP contribution >= 0.6 is 12.2 Å². The molecule has 6 nitrogen and oxygen atoms in total. The molecule has 1 saturated heterocycles. The van der Waals surface area contributed by atoms with Crippen molar-refractivity contribution in [1.82, 2.24) is 10.2 Å². The summed E-state index contributed by atoms with van der Waals surface area (Å²) in [4.78, 5) is 2.18. The predicted octanol–water partition coefficient (Wildman–Crippen LogP) is 2.31. The van der Waals surface area contributed by atoms with Crippen molar-refractivity contribution in [3.05, 3.63) is 23.8 Å². The SMILES string of the molecule is COCCCNC(=S)N(Cc1ccc2c(c1)OCO2)C[C@@H]1CCCO1. The number of nitrogens with one attached hydrogen (secondary N) is 1. The van der Waals surface area contributed by atoms with E-state index < -0.39 is 0 Å². The molecule has 2 heterocycles. The molecule has 1 N–H and O–H groups in total. The van der Waals surface area contributed by atoms with Gasteiger partial charge < -0.3 is 29.2 Å². The van der Waals surface area contributed by atoms with Gasteiger partial charge in [-0.05, 0) is 49.2 Å². The molecule has 1 fully saturated rings. The molecular formula is C18H26N2O4S. The van der Waals surface area contributed by atoms with Gasteiger partial charge in [-0.25, -0.2) is 0 Å². The van der Waals surface area contributed by atoms with E-state index in [4.69, 9.17) is 31.2 Å². The first-order chi connectivity index (χ1) is 12.3. The van der Waals surface area contributed by atoms with E-state index in [0.29, 0.717) is 6.54 Å². The molecule has 1 aromatic carbocycles. The van der Waals surface area contributed by atoms with E-state index in [1.54, 1.807) is 7.11 Å². The Morgan fingerprint density at radius 1 is 1.36 bits per heavy atom. The molecule has 2 aliphatic heterocycles. The lowest BCUT2D eigenvalue weighted by molar-refractivity contribution is 0.0897. The summed E-state index contributed by atoms with van der Waals surface area (Å²) in [7, 11) is 1.71. The fraction of sp³-hybridized carbons (Fsp3) is 0.611. The maximum absolute atomic E-state index is 5.79. The number of thiocarbonyl (C=S) groups is 1. The molecule has 0 radical (unpaired) electrons. The van der Waals surface area contributed by atoms with Gasteiger partial charge in [0.25, 0.3) is 0 Å². The molecule has 2 aliphatic rings. The highest BCUT2D eigenvalue weighted by molar-refractivity contribution is 7.80. The van der Waals surface area contributed by atoms with Crippen LogP contribution in [-0.4, -0.2) is 56.3 Å². The van der Waals surface area contributed by atoms with Crippen molar-refractivity contribution >= 4 is 17.3 Å². The number of hydrogen-bond donors (Lipinski definition) is 1. The molecule has 7 heteroatoms. The lowest BCUT2D eigenvalue weighted by atomic mass is 10.1. The Bertz CT molecular complexity index is 578. The first kappa shape index (κ1) is 18.2. The highest BCUT2D eigenvalue weighted by Crippen LogP contribution is 2.32. The highest BCUT2D eigenvalue weighted by atomic mass is 32.1. The molecule has 25 heavy (non-hydrogen) atoms. The number of hydrogen-bond acceptors (Lipinski definition) is 5. The predicted molar refractivity (Wildman–Crippen MR) is 99.0 cm³/mol. The molecule has 0 spiro atoms. The summed E-state index contributed by atoms with van der Waals surface area (Å²) < 4.78 is 21.7. The average molecular weight is 366 g/mol. The van der Waals surface area contributed by atoms with Crippen molar-refractivity contribution < 1.29 is 18.9 Å². The van der Waals surface area contributed by atoms with Gasteiger partial charge in [0.15, 0.2) is 16.6 Å². The fourth-order valence-electron chi connectivity index (χ4n) is 3.04. The van der Waals surface area contributed by atoms with E-state index in [-0.39, 0.29) is 12.9 Å². The number of methoxy groups -OCH3 is 1. The van der Waals surface area contributed by atoms with E-state index in [2.05, 4.69) is 16.3 Å². The molecule has 1 atom stereocenters. The van der Waals surface area contributed by atoms with Crippen molar-refractivity contribution in [3.63, 3.8) is 0 Å². The Balaban J connectivity index is 1.61.